The molecule has 0 spiro atoms. The van der Waals surface area contributed by atoms with Crippen LogP contribution < -0.4 is 5.32 Å². The number of aromatic nitrogens is 3. The largest absolute Gasteiger partial charge is 0.383 e. The minimum atomic E-state index is 0.660. The van der Waals surface area contributed by atoms with Crippen molar-refractivity contribution in [2.75, 3.05) is 25.6 Å². The third-order valence-electron chi connectivity index (χ3n) is 1.94. The van der Waals surface area contributed by atoms with Crippen LogP contribution in [0.25, 0.3) is 5.65 Å². The monoisotopic (exact) mass is 270 g/mol. The van der Waals surface area contributed by atoms with E-state index in [0.717, 1.165) is 22.5 Å². The molecular formula is C9H11BrN4O. The average molecular weight is 271 g/mol. The SMILES string of the molecule is COCCNc1ccn2ncc(Br)c2n1. The van der Waals surface area contributed by atoms with Gasteiger partial charge in [0.05, 0.1) is 17.3 Å². The smallest absolute Gasteiger partial charge is 0.171 e. The summed E-state index contributed by atoms with van der Waals surface area (Å²) in [6.45, 7) is 1.40. The lowest BCUT2D eigenvalue weighted by atomic mass is 10.5. The molecule has 5 nitrogen and oxygen atoms in total. The van der Waals surface area contributed by atoms with Crippen molar-refractivity contribution in [3.8, 4) is 0 Å². The van der Waals surface area contributed by atoms with Crippen molar-refractivity contribution in [1.29, 1.82) is 0 Å². The fraction of sp³-hybridized carbons (Fsp3) is 0.333. The maximum Gasteiger partial charge on any atom is 0.171 e. The molecule has 0 aliphatic heterocycles. The second kappa shape index (κ2) is 4.59. The predicted octanol–water partition coefficient (Wildman–Crippen LogP) is 1.55. The topological polar surface area (TPSA) is 51.5 Å². The third-order valence-corrected chi connectivity index (χ3v) is 2.50. The van der Waals surface area contributed by atoms with Gasteiger partial charge in [0.1, 0.15) is 5.82 Å². The van der Waals surface area contributed by atoms with Gasteiger partial charge in [-0.3, -0.25) is 0 Å². The van der Waals surface area contributed by atoms with Crippen molar-refractivity contribution in [1.82, 2.24) is 14.6 Å². The number of nitrogens with zero attached hydrogens (tertiary/aromatic N) is 3. The summed E-state index contributed by atoms with van der Waals surface area (Å²) in [7, 11) is 1.67. The summed E-state index contributed by atoms with van der Waals surface area (Å²) in [4.78, 5) is 4.39. The van der Waals surface area contributed by atoms with Crippen LogP contribution in [-0.4, -0.2) is 34.9 Å². The zero-order chi connectivity index (χ0) is 10.7. The number of rotatable bonds is 4. The second-order valence-electron chi connectivity index (χ2n) is 2.99. The normalized spacial score (nSPS) is 10.8. The molecule has 0 aliphatic rings. The molecule has 0 atom stereocenters. The lowest BCUT2D eigenvalue weighted by molar-refractivity contribution is 0.210. The zero-order valence-corrected chi connectivity index (χ0v) is 9.86. The third kappa shape index (κ3) is 2.27. The number of fused-ring (bicyclic) bond motifs is 1. The molecule has 6 heteroatoms. The first-order valence-electron chi connectivity index (χ1n) is 4.54. The average Bonchev–Trinajstić information content (AvgIpc) is 2.61. The molecule has 0 fully saturated rings. The van der Waals surface area contributed by atoms with Gasteiger partial charge < -0.3 is 10.1 Å². The fourth-order valence-corrected chi connectivity index (χ4v) is 1.58. The molecule has 80 valence electrons. The number of anilines is 1. The fourth-order valence-electron chi connectivity index (χ4n) is 1.22. The number of hydrogen-bond donors (Lipinski definition) is 1. The van der Waals surface area contributed by atoms with E-state index in [4.69, 9.17) is 4.74 Å². The Balaban J connectivity index is 2.18. The number of nitrogens with one attached hydrogen (secondary N) is 1. The molecular weight excluding hydrogens is 260 g/mol. The minimum Gasteiger partial charge on any atom is -0.383 e. The van der Waals surface area contributed by atoms with Crippen molar-refractivity contribution < 1.29 is 4.74 Å². The van der Waals surface area contributed by atoms with E-state index in [-0.39, 0.29) is 0 Å². The van der Waals surface area contributed by atoms with Gasteiger partial charge in [-0.2, -0.15) is 5.10 Å². The van der Waals surface area contributed by atoms with Crippen LogP contribution in [-0.2, 0) is 4.74 Å². The van der Waals surface area contributed by atoms with Crippen LogP contribution in [0.15, 0.2) is 22.9 Å². The van der Waals surface area contributed by atoms with Crippen LogP contribution in [0.5, 0.6) is 0 Å². The Labute approximate surface area is 95.6 Å². The molecule has 2 rings (SSSR count). The standard InChI is InChI=1S/C9H11BrN4O/c1-15-5-3-11-8-2-4-14-9(13-8)7(10)6-12-14/h2,4,6H,3,5H2,1H3,(H,11,13). The van der Waals surface area contributed by atoms with Crippen LogP contribution in [0, 0.1) is 0 Å². The van der Waals surface area contributed by atoms with Crippen molar-refractivity contribution in [2.24, 2.45) is 0 Å². The molecule has 2 aromatic rings. The van der Waals surface area contributed by atoms with Crippen molar-refractivity contribution in [2.45, 2.75) is 0 Å². The number of halogens is 1. The van der Waals surface area contributed by atoms with Crippen LogP contribution in [0.2, 0.25) is 0 Å². The molecule has 0 amide bonds. The second-order valence-corrected chi connectivity index (χ2v) is 3.85. The minimum absolute atomic E-state index is 0.660. The van der Waals surface area contributed by atoms with Crippen LogP contribution >= 0.6 is 15.9 Å². The first kappa shape index (κ1) is 10.4. The highest BCUT2D eigenvalue weighted by Gasteiger charge is 2.02. The van der Waals surface area contributed by atoms with Gasteiger partial charge in [-0.25, -0.2) is 9.50 Å². The van der Waals surface area contributed by atoms with Gasteiger partial charge in [0.2, 0.25) is 0 Å². The highest BCUT2D eigenvalue weighted by Crippen LogP contribution is 2.16. The maximum atomic E-state index is 4.94. The summed E-state index contributed by atoms with van der Waals surface area (Å²) in [6, 6.07) is 1.88. The first-order chi connectivity index (χ1) is 7.31. The van der Waals surface area contributed by atoms with Gasteiger partial charge in [0.25, 0.3) is 0 Å². The quantitative estimate of drug-likeness (QED) is 0.857. The van der Waals surface area contributed by atoms with E-state index in [0.29, 0.717) is 6.61 Å². The molecule has 2 heterocycles. The van der Waals surface area contributed by atoms with Crippen molar-refractivity contribution >= 4 is 27.4 Å². The van der Waals surface area contributed by atoms with E-state index in [2.05, 4.69) is 31.3 Å². The molecule has 0 aliphatic carbocycles. The van der Waals surface area contributed by atoms with Gasteiger partial charge in [-0.1, -0.05) is 0 Å². The number of methoxy groups -OCH3 is 1. The number of ether oxygens (including phenoxy) is 1. The molecule has 1 N–H and O–H groups in total. The number of hydrogen-bond acceptors (Lipinski definition) is 4. The van der Waals surface area contributed by atoms with E-state index in [1.807, 2.05) is 12.3 Å². The van der Waals surface area contributed by atoms with Gasteiger partial charge >= 0.3 is 0 Å². The molecule has 0 bridgehead atoms. The van der Waals surface area contributed by atoms with E-state index < -0.39 is 0 Å². The molecule has 0 aromatic carbocycles. The van der Waals surface area contributed by atoms with E-state index >= 15 is 0 Å². The summed E-state index contributed by atoms with van der Waals surface area (Å²) in [5.41, 5.74) is 0.803. The van der Waals surface area contributed by atoms with Crippen LogP contribution in [0.4, 0.5) is 5.82 Å². The van der Waals surface area contributed by atoms with Gasteiger partial charge in [0.15, 0.2) is 5.65 Å². The summed E-state index contributed by atoms with van der Waals surface area (Å²) in [5, 5.41) is 7.27. The van der Waals surface area contributed by atoms with E-state index in [1.165, 1.54) is 0 Å². The zero-order valence-electron chi connectivity index (χ0n) is 8.27. The highest BCUT2D eigenvalue weighted by atomic mass is 79.9. The van der Waals surface area contributed by atoms with E-state index in [1.54, 1.807) is 17.8 Å². The maximum absolute atomic E-state index is 4.94. The van der Waals surface area contributed by atoms with Gasteiger partial charge in [-0.05, 0) is 22.0 Å². The van der Waals surface area contributed by atoms with Crippen LogP contribution in [0.3, 0.4) is 0 Å². The molecule has 0 saturated heterocycles. The molecule has 15 heavy (non-hydrogen) atoms. The Bertz CT molecular complexity index is 456. The molecule has 0 unspecified atom stereocenters. The first-order valence-corrected chi connectivity index (χ1v) is 5.33. The summed E-state index contributed by atoms with van der Waals surface area (Å²) >= 11 is 3.38. The summed E-state index contributed by atoms with van der Waals surface area (Å²) < 4.78 is 7.54. The summed E-state index contributed by atoms with van der Waals surface area (Å²) in [5.74, 6) is 0.820. The highest BCUT2D eigenvalue weighted by molar-refractivity contribution is 9.10. The Kier molecular flexibility index (Phi) is 3.17. The van der Waals surface area contributed by atoms with Gasteiger partial charge in [0, 0.05) is 19.9 Å². The Hall–Kier alpha value is -1.14. The molecule has 0 saturated carbocycles. The summed E-state index contributed by atoms with van der Waals surface area (Å²) in [6.07, 6.45) is 3.59. The molecule has 2 aromatic heterocycles. The predicted molar refractivity (Wildman–Crippen MR) is 61.1 cm³/mol. The Morgan fingerprint density at radius 2 is 2.47 bits per heavy atom. The lowest BCUT2D eigenvalue weighted by Crippen LogP contribution is -2.09. The van der Waals surface area contributed by atoms with Gasteiger partial charge in [-0.15, -0.1) is 0 Å². The lowest BCUT2D eigenvalue weighted by Gasteiger charge is -2.04. The van der Waals surface area contributed by atoms with Crippen molar-refractivity contribution in [3.63, 3.8) is 0 Å². The Morgan fingerprint density at radius 3 is 3.27 bits per heavy atom. The van der Waals surface area contributed by atoms with E-state index in [9.17, 15) is 0 Å². The van der Waals surface area contributed by atoms with Crippen LogP contribution in [0.1, 0.15) is 0 Å². The molecule has 0 radical (unpaired) electrons. The van der Waals surface area contributed by atoms with Crippen molar-refractivity contribution in [3.05, 3.63) is 22.9 Å². The Morgan fingerprint density at radius 1 is 1.60 bits per heavy atom.